The van der Waals surface area contributed by atoms with Crippen LogP contribution in [0.2, 0.25) is 0 Å². The lowest BCUT2D eigenvalue weighted by Crippen LogP contribution is -2.16. The minimum absolute atomic E-state index is 0.0853. The SMILES string of the molecule is CNC(c1cccc(I)c1)c1cc2ccccc2o1. The fourth-order valence-electron chi connectivity index (χ4n) is 2.30. The number of fused-ring (bicyclic) bond motifs is 1. The molecule has 3 heteroatoms. The smallest absolute Gasteiger partial charge is 0.134 e. The quantitative estimate of drug-likeness (QED) is 0.700. The Morgan fingerprint density at radius 2 is 1.89 bits per heavy atom. The molecule has 2 aromatic carbocycles. The molecule has 1 atom stereocenters. The van der Waals surface area contributed by atoms with Gasteiger partial charge in [0.2, 0.25) is 0 Å². The van der Waals surface area contributed by atoms with Crippen LogP contribution in [0.25, 0.3) is 11.0 Å². The maximum atomic E-state index is 5.95. The van der Waals surface area contributed by atoms with Gasteiger partial charge in [-0.25, -0.2) is 0 Å². The van der Waals surface area contributed by atoms with Crippen LogP contribution in [0.3, 0.4) is 0 Å². The number of benzene rings is 2. The van der Waals surface area contributed by atoms with Gasteiger partial charge in [0.05, 0.1) is 6.04 Å². The Balaban J connectivity index is 2.06. The Kier molecular flexibility index (Phi) is 3.57. The number of hydrogen-bond acceptors (Lipinski definition) is 2. The molecule has 0 fully saturated rings. The molecular formula is C16H14INO. The van der Waals surface area contributed by atoms with E-state index in [1.54, 1.807) is 0 Å². The second-order valence-corrected chi connectivity index (χ2v) is 5.71. The zero-order chi connectivity index (χ0) is 13.2. The lowest BCUT2D eigenvalue weighted by atomic mass is 10.0. The lowest BCUT2D eigenvalue weighted by molar-refractivity contribution is 0.491. The van der Waals surface area contributed by atoms with Gasteiger partial charge in [-0.15, -0.1) is 0 Å². The molecule has 0 bridgehead atoms. The van der Waals surface area contributed by atoms with Crippen LogP contribution in [0.4, 0.5) is 0 Å². The first-order valence-corrected chi connectivity index (χ1v) is 7.27. The molecule has 3 rings (SSSR count). The maximum Gasteiger partial charge on any atom is 0.134 e. The molecule has 2 nitrogen and oxygen atoms in total. The second-order valence-electron chi connectivity index (χ2n) is 4.46. The average Bonchev–Trinajstić information content (AvgIpc) is 2.83. The number of hydrogen-bond donors (Lipinski definition) is 1. The van der Waals surface area contributed by atoms with Gasteiger partial charge in [-0.05, 0) is 59.5 Å². The molecule has 1 unspecified atom stereocenters. The van der Waals surface area contributed by atoms with Gasteiger partial charge in [0.15, 0.2) is 0 Å². The van der Waals surface area contributed by atoms with Crippen molar-refractivity contribution in [2.75, 3.05) is 7.05 Å². The van der Waals surface area contributed by atoms with Gasteiger partial charge >= 0.3 is 0 Å². The molecule has 0 saturated heterocycles. The van der Waals surface area contributed by atoms with Crippen LogP contribution in [-0.4, -0.2) is 7.05 Å². The van der Waals surface area contributed by atoms with Gasteiger partial charge in [-0.2, -0.15) is 0 Å². The normalized spacial score (nSPS) is 12.7. The fraction of sp³-hybridized carbons (Fsp3) is 0.125. The number of nitrogens with one attached hydrogen (secondary N) is 1. The van der Waals surface area contributed by atoms with Crippen LogP contribution in [0, 0.1) is 3.57 Å². The van der Waals surface area contributed by atoms with Crippen molar-refractivity contribution in [2.45, 2.75) is 6.04 Å². The summed E-state index contributed by atoms with van der Waals surface area (Å²) in [5.74, 6) is 0.950. The van der Waals surface area contributed by atoms with Gasteiger partial charge in [-0.1, -0.05) is 30.3 Å². The molecule has 0 aliphatic rings. The Morgan fingerprint density at radius 1 is 1.05 bits per heavy atom. The van der Waals surface area contributed by atoms with E-state index in [-0.39, 0.29) is 6.04 Å². The molecule has 0 aliphatic heterocycles. The topological polar surface area (TPSA) is 25.2 Å². The predicted molar refractivity (Wildman–Crippen MR) is 86.3 cm³/mol. The molecule has 1 N–H and O–H groups in total. The van der Waals surface area contributed by atoms with Crippen molar-refractivity contribution >= 4 is 33.6 Å². The van der Waals surface area contributed by atoms with Crippen LogP contribution in [0.1, 0.15) is 17.4 Å². The van der Waals surface area contributed by atoms with Crippen molar-refractivity contribution in [3.63, 3.8) is 0 Å². The van der Waals surface area contributed by atoms with Crippen molar-refractivity contribution in [3.05, 3.63) is 69.5 Å². The summed E-state index contributed by atoms with van der Waals surface area (Å²) in [6.07, 6.45) is 0. The average molecular weight is 363 g/mol. The van der Waals surface area contributed by atoms with Crippen LogP contribution >= 0.6 is 22.6 Å². The highest BCUT2D eigenvalue weighted by atomic mass is 127. The number of furan rings is 1. The van der Waals surface area contributed by atoms with E-state index < -0.39 is 0 Å². The highest BCUT2D eigenvalue weighted by Gasteiger charge is 2.16. The van der Waals surface area contributed by atoms with E-state index in [4.69, 9.17) is 4.42 Å². The third-order valence-corrected chi connectivity index (χ3v) is 3.87. The van der Waals surface area contributed by atoms with E-state index in [1.165, 1.54) is 9.13 Å². The molecule has 96 valence electrons. The highest BCUT2D eigenvalue weighted by molar-refractivity contribution is 14.1. The van der Waals surface area contributed by atoms with Crippen molar-refractivity contribution in [2.24, 2.45) is 0 Å². The monoisotopic (exact) mass is 363 g/mol. The summed E-state index contributed by atoms with van der Waals surface area (Å²) in [7, 11) is 1.96. The molecule has 1 aromatic heterocycles. The summed E-state index contributed by atoms with van der Waals surface area (Å²) in [5, 5.41) is 4.47. The second kappa shape index (κ2) is 5.35. The van der Waals surface area contributed by atoms with Crippen molar-refractivity contribution in [1.29, 1.82) is 0 Å². The number of para-hydroxylation sites is 1. The summed E-state index contributed by atoms with van der Waals surface area (Å²) in [5.41, 5.74) is 2.15. The third-order valence-electron chi connectivity index (χ3n) is 3.20. The molecule has 3 aromatic rings. The Morgan fingerprint density at radius 3 is 2.63 bits per heavy atom. The Hall–Kier alpha value is -1.33. The first-order valence-electron chi connectivity index (χ1n) is 6.19. The minimum atomic E-state index is 0.0853. The third kappa shape index (κ3) is 2.53. The van der Waals surface area contributed by atoms with Gasteiger partial charge < -0.3 is 9.73 Å². The zero-order valence-electron chi connectivity index (χ0n) is 10.6. The van der Waals surface area contributed by atoms with Crippen LogP contribution in [0.5, 0.6) is 0 Å². The molecule has 1 heterocycles. The van der Waals surface area contributed by atoms with Crippen molar-refractivity contribution in [1.82, 2.24) is 5.32 Å². The fourth-order valence-corrected chi connectivity index (χ4v) is 2.87. The standard InChI is InChI=1S/C16H14INO/c1-18-16(12-6-4-7-13(17)9-12)15-10-11-5-2-3-8-14(11)19-15/h2-10,16,18H,1H3. The Labute approximate surface area is 126 Å². The number of halogens is 1. The first kappa shape index (κ1) is 12.7. The van der Waals surface area contributed by atoms with Crippen molar-refractivity contribution in [3.8, 4) is 0 Å². The summed E-state index contributed by atoms with van der Waals surface area (Å²) in [4.78, 5) is 0. The van der Waals surface area contributed by atoms with E-state index >= 15 is 0 Å². The van der Waals surface area contributed by atoms with Gasteiger partial charge in [-0.3, -0.25) is 0 Å². The molecule has 0 amide bonds. The predicted octanol–water partition coefficient (Wildman–Crippen LogP) is 4.35. The number of rotatable bonds is 3. The molecule has 19 heavy (non-hydrogen) atoms. The van der Waals surface area contributed by atoms with E-state index in [2.05, 4.69) is 64.3 Å². The molecule has 0 saturated carbocycles. The van der Waals surface area contributed by atoms with Crippen molar-refractivity contribution < 1.29 is 4.42 Å². The van der Waals surface area contributed by atoms with E-state index in [0.29, 0.717) is 0 Å². The van der Waals surface area contributed by atoms with E-state index in [1.807, 2.05) is 25.2 Å². The first-order chi connectivity index (χ1) is 9.28. The molecule has 0 radical (unpaired) electrons. The summed E-state index contributed by atoms with van der Waals surface area (Å²) in [6, 6.07) is 18.8. The van der Waals surface area contributed by atoms with Crippen LogP contribution < -0.4 is 5.32 Å². The molecule has 0 aliphatic carbocycles. The van der Waals surface area contributed by atoms with E-state index in [9.17, 15) is 0 Å². The summed E-state index contributed by atoms with van der Waals surface area (Å²) < 4.78 is 7.18. The zero-order valence-corrected chi connectivity index (χ0v) is 12.7. The van der Waals surface area contributed by atoms with Gasteiger partial charge in [0.25, 0.3) is 0 Å². The van der Waals surface area contributed by atoms with Gasteiger partial charge in [0, 0.05) is 8.96 Å². The summed E-state index contributed by atoms with van der Waals surface area (Å²) >= 11 is 2.33. The van der Waals surface area contributed by atoms with E-state index in [0.717, 1.165) is 16.7 Å². The Bertz CT molecular complexity index is 672. The minimum Gasteiger partial charge on any atom is -0.459 e. The van der Waals surface area contributed by atoms with Crippen LogP contribution in [0.15, 0.2) is 59.0 Å². The molecular weight excluding hydrogens is 349 g/mol. The maximum absolute atomic E-state index is 5.95. The largest absolute Gasteiger partial charge is 0.459 e. The molecule has 0 spiro atoms. The highest BCUT2D eigenvalue weighted by Crippen LogP contribution is 2.28. The van der Waals surface area contributed by atoms with Gasteiger partial charge in [0.1, 0.15) is 11.3 Å². The summed E-state index contributed by atoms with van der Waals surface area (Å²) in [6.45, 7) is 0. The van der Waals surface area contributed by atoms with Crippen LogP contribution in [-0.2, 0) is 0 Å². The lowest BCUT2D eigenvalue weighted by Gasteiger charge is -2.14.